The number of benzene rings is 1. The smallest absolute Gasteiger partial charge is 0.364 e. The van der Waals surface area contributed by atoms with E-state index in [1.807, 2.05) is 0 Å². The van der Waals surface area contributed by atoms with Crippen LogP contribution >= 0.6 is 15.9 Å². The SMILES string of the molecule is CNS(=O)(=O)CCNc1nonc1-c1noc(=O)n1-c1ccc(F)c(Br)c1. The summed E-state index contributed by atoms with van der Waals surface area (Å²) < 4.78 is 49.1. The predicted molar refractivity (Wildman–Crippen MR) is 94.4 cm³/mol. The lowest BCUT2D eigenvalue weighted by Gasteiger charge is -2.06. The minimum atomic E-state index is -3.43. The summed E-state index contributed by atoms with van der Waals surface area (Å²) in [6, 6.07) is 3.87. The minimum absolute atomic E-state index is 0.00539. The van der Waals surface area contributed by atoms with Crippen molar-refractivity contribution in [3.63, 3.8) is 0 Å². The van der Waals surface area contributed by atoms with E-state index in [1.165, 1.54) is 19.2 Å². The summed E-state index contributed by atoms with van der Waals surface area (Å²) in [5.74, 6) is -1.58. The van der Waals surface area contributed by atoms with Gasteiger partial charge in [0.05, 0.1) is 15.9 Å². The summed E-state index contributed by atoms with van der Waals surface area (Å²) in [6.07, 6.45) is 0. The predicted octanol–water partition coefficient (Wildman–Crippen LogP) is 0.738. The fraction of sp³-hybridized carbons (Fsp3) is 0.231. The number of anilines is 1. The monoisotopic (exact) mass is 462 g/mol. The summed E-state index contributed by atoms with van der Waals surface area (Å²) in [5, 5.41) is 13.7. The van der Waals surface area contributed by atoms with E-state index < -0.39 is 21.6 Å². The Hall–Kier alpha value is -2.58. The van der Waals surface area contributed by atoms with Crippen LogP contribution in [0.15, 0.2) is 36.6 Å². The second kappa shape index (κ2) is 7.58. The zero-order valence-corrected chi connectivity index (χ0v) is 16.0. The maximum atomic E-state index is 13.5. The van der Waals surface area contributed by atoms with Gasteiger partial charge in [-0.05, 0) is 51.5 Å². The molecule has 1 aromatic carbocycles. The third kappa shape index (κ3) is 4.06. The van der Waals surface area contributed by atoms with Crippen molar-refractivity contribution in [2.24, 2.45) is 0 Å². The standard InChI is InChI=1S/C13H12BrFN6O5S/c1-16-27(23,24)5-4-17-11-10(18-26-19-11)12-20-25-13(22)21(12)7-2-3-9(15)8(14)6-7/h2-3,6,16H,4-5H2,1H3,(H,17,19). The van der Waals surface area contributed by atoms with Crippen LogP contribution in [0.5, 0.6) is 0 Å². The van der Waals surface area contributed by atoms with Crippen LogP contribution in [0.4, 0.5) is 10.2 Å². The summed E-state index contributed by atoms with van der Waals surface area (Å²) in [6.45, 7) is -0.00539. The topological polar surface area (TPSA) is 145 Å². The molecular formula is C13H12BrFN6O5S. The van der Waals surface area contributed by atoms with Crippen LogP contribution < -0.4 is 15.8 Å². The van der Waals surface area contributed by atoms with E-state index in [4.69, 9.17) is 0 Å². The van der Waals surface area contributed by atoms with Crippen LogP contribution in [0.3, 0.4) is 0 Å². The highest BCUT2D eigenvalue weighted by Crippen LogP contribution is 2.26. The van der Waals surface area contributed by atoms with Gasteiger partial charge in [0, 0.05) is 6.54 Å². The highest BCUT2D eigenvalue weighted by molar-refractivity contribution is 9.10. The molecule has 0 aliphatic rings. The molecule has 2 heterocycles. The Kier molecular flexibility index (Phi) is 5.38. The van der Waals surface area contributed by atoms with Crippen molar-refractivity contribution in [2.45, 2.75) is 0 Å². The highest BCUT2D eigenvalue weighted by Gasteiger charge is 2.23. The van der Waals surface area contributed by atoms with Crippen molar-refractivity contribution < 1.29 is 22.0 Å². The minimum Gasteiger partial charge on any atom is -0.364 e. The Morgan fingerprint density at radius 2 is 2.07 bits per heavy atom. The van der Waals surface area contributed by atoms with Crippen molar-refractivity contribution in [3.05, 3.63) is 39.0 Å². The van der Waals surface area contributed by atoms with Gasteiger partial charge in [-0.3, -0.25) is 4.52 Å². The van der Waals surface area contributed by atoms with Crippen LogP contribution in [0, 0.1) is 5.82 Å². The lowest BCUT2D eigenvalue weighted by atomic mass is 10.3. The summed E-state index contributed by atoms with van der Waals surface area (Å²) in [5.41, 5.74) is 0.277. The molecule has 0 bridgehead atoms. The third-order valence-electron chi connectivity index (χ3n) is 3.44. The highest BCUT2D eigenvalue weighted by atomic mass is 79.9. The van der Waals surface area contributed by atoms with Crippen molar-refractivity contribution in [3.8, 4) is 17.2 Å². The number of halogens is 2. The summed E-state index contributed by atoms with van der Waals surface area (Å²) >= 11 is 3.04. The van der Waals surface area contributed by atoms with Gasteiger partial charge >= 0.3 is 5.76 Å². The van der Waals surface area contributed by atoms with E-state index in [0.717, 1.165) is 10.6 Å². The van der Waals surface area contributed by atoms with Gasteiger partial charge in [-0.2, -0.15) is 0 Å². The number of aromatic nitrogens is 4. The van der Waals surface area contributed by atoms with Gasteiger partial charge in [0.1, 0.15) is 5.82 Å². The van der Waals surface area contributed by atoms with Crippen molar-refractivity contribution >= 4 is 31.8 Å². The largest absolute Gasteiger partial charge is 0.446 e. The molecular weight excluding hydrogens is 451 g/mol. The van der Waals surface area contributed by atoms with E-state index >= 15 is 0 Å². The van der Waals surface area contributed by atoms with Crippen LogP contribution in [0.1, 0.15) is 0 Å². The lowest BCUT2D eigenvalue weighted by molar-refractivity contribution is 0.309. The van der Waals surface area contributed by atoms with Crippen molar-refractivity contribution in [1.82, 2.24) is 24.8 Å². The fourth-order valence-electron chi connectivity index (χ4n) is 2.11. The van der Waals surface area contributed by atoms with Gasteiger partial charge in [-0.25, -0.2) is 31.5 Å². The first kappa shape index (κ1) is 19.2. The molecule has 0 saturated heterocycles. The van der Waals surface area contributed by atoms with Crippen LogP contribution in [0.25, 0.3) is 17.2 Å². The molecule has 0 saturated carbocycles. The van der Waals surface area contributed by atoms with Crippen molar-refractivity contribution in [1.29, 1.82) is 0 Å². The van der Waals surface area contributed by atoms with E-state index in [1.54, 1.807) is 0 Å². The maximum absolute atomic E-state index is 13.5. The number of hydrogen-bond donors (Lipinski definition) is 2. The Morgan fingerprint density at radius 1 is 1.30 bits per heavy atom. The molecule has 27 heavy (non-hydrogen) atoms. The van der Waals surface area contributed by atoms with Gasteiger partial charge < -0.3 is 5.32 Å². The molecule has 11 nitrogen and oxygen atoms in total. The molecule has 2 aromatic heterocycles. The zero-order chi connectivity index (χ0) is 19.6. The number of nitrogens with one attached hydrogen (secondary N) is 2. The van der Waals surface area contributed by atoms with Crippen molar-refractivity contribution in [2.75, 3.05) is 24.7 Å². The molecule has 0 aliphatic carbocycles. The molecule has 14 heteroatoms. The summed E-state index contributed by atoms with van der Waals surface area (Å²) in [7, 11) is -2.13. The molecule has 0 unspecified atom stereocenters. The first-order valence-corrected chi connectivity index (χ1v) is 9.79. The second-order valence-electron chi connectivity index (χ2n) is 5.12. The Labute approximate surface area is 159 Å². The number of rotatable bonds is 7. The molecule has 0 spiro atoms. The molecule has 2 N–H and O–H groups in total. The molecule has 0 amide bonds. The van der Waals surface area contributed by atoms with Crippen LogP contribution in [-0.4, -0.2) is 47.8 Å². The molecule has 0 atom stereocenters. The Balaban J connectivity index is 1.94. The number of nitrogens with zero attached hydrogens (tertiary/aromatic N) is 4. The molecule has 0 radical (unpaired) electrons. The molecule has 144 valence electrons. The number of sulfonamides is 1. The molecule has 0 fully saturated rings. The zero-order valence-electron chi connectivity index (χ0n) is 13.6. The number of hydrogen-bond acceptors (Lipinski definition) is 9. The van der Waals surface area contributed by atoms with E-state index in [0.29, 0.717) is 0 Å². The average Bonchev–Trinajstić information content (AvgIpc) is 3.23. The molecule has 0 aliphatic heterocycles. The van der Waals surface area contributed by atoms with Gasteiger partial charge in [-0.15, -0.1) is 0 Å². The first-order chi connectivity index (χ1) is 12.8. The van der Waals surface area contributed by atoms with Gasteiger partial charge in [0.15, 0.2) is 5.69 Å². The van der Waals surface area contributed by atoms with Gasteiger partial charge in [-0.1, -0.05) is 5.16 Å². The van der Waals surface area contributed by atoms with Gasteiger partial charge in [0.2, 0.25) is 21.7 Å². The van der Waals surface area contributed by atoms with Gasteiger partial charge in [0.25, 0.3) is 0 Å². The Bertz CT molecular complexity index is 1120. The van der Waals surface area contributed by atoms with Crippen LogP contribution in [0.2, 0.25) is 0 Å². The second-order valence-corrected chi connectivity index (χ2v) is 8.02. The summed E-state index contributed by atoms with van der Waals surface area (Å²) in [4.78, 5) is 12.1. The Morgan fingerprint density at radius 3 is 2.78 bits per heavy atom. The first-order valence-electron chi connectivity index (χ1n) is 7.34. The normalized spacial score (nSPS) is 11.7. The van der Waals surface area contributed by atoms with Crippen LogP contribution in [-0.2, 0) is 10.0 Å². The lowest BCUT2D eigenvalue weighted by Crippen LogP contribution is -2.26. The fourth-order valence-corrected chi connectivity index (χ4v) is 3.05. The molecule has 3 rings (SSSR count). The average molecular weight is 463 g/mol. The van der Waals surface area contributed by atoms with E-state index in [-0.39, 0.29) is 39.8 Å². The quantitative estimate of drug-likeness (QED) is 0.518. The third-order valence-corrected chi connectivity index (χ3v) is 5.41. The van der Waals surface area contributed by atoms with E-state index in [9.17, 15) is 17.6 Å². The maximum Gasteiger partial charge on any atom is 0.446 e. The van der Waals surface area contributed by atoms with E-state index in [2.05, 4.69) is 50.6 Å². The molecule has 3 aromatic rings.